The fourth-order valence-electron chi connectivity index (χ4n) is 1.87. The summed E-state index contributed by atoms with van der Waals surface area (Å²) in [6.45, 7) is 1.93. The highest BCUT2D eigenvalue weighted by Crippen LogP contribution is 2.12. The summed E-state index contributed by atoms with van der Waals surface area (Å²) < 4.78 is 0.932. The van der Waals surface area contributed by atoms with Crippen molar-refractivity contribution in [3.63, 3.8) is 0 Å². The van der Waals surface area contributed by atoms with Gasteiger partial charge in [0.15, 0.2) is 0 Å². The van der Waals surface area contributed by atoms with E-state index < -0.39 is 0 Å². The number of rotatable bonds is 2. The molecule has 1 saturated heterocycles. The minimum absolute atomic E-state index is 0. The molecule has 1 atom stereocenters. The van der Waals surface area contributed by atoms with E-state index in [1.165, 1.54) is 0 Å². The molecule has 1 aliphatic heterocycles. The van der Waals surface area contributed by atoms with Crippen molar-refractivity contribution in [1.82, 2.24) is 10.6 Å². The van der Waals surface area contributed by atoms with Crippen LogP contribution < -0.4 is 10.6 Å². The summed E-state index contributed by atoms with van der Waals surface area (Å²) in [4.78, 5) is 11.9. The first-order chi connectivity index (χ1) is 7.75. The zero-order valence-electron chi connectivity index (χ0n) is 9.41. The van der Waals surface area contributed by atoms with Crippen LogP contribution >= 0.6 is 28.3 Å². The standard InChI is InChI=1S/C12H15BrN2O.ClH/c13-10-4-1-3-9(7-10)12(16)15-11-5-2-6-14-8-11;/h1,3-4,7,11,14H,2,5-6,8H2,(H,15,16);1H/t11-;/m1./s1. The molecule has 5 heteroatoms. The van der Waals surface area contributed by atoms with Crippen LogP contribution in [-0.4, -0.2) is 25.0 Å². The van der Waals surface area contributed by atoms with E-state index in [1.54, 1.807) is 0 Å². The van der Waals surface area contributed by atoms with Gasteiger partial charge in [0.05, 0.1) is 0 Å². The first kappa shape index (κ1) is 14.5. The molecule has 1 amide bonds. The fraction of sp³-hybridized carbons (Fsp3) is 0.417. The molecule has 0 radical (unpaired) electrons. The van der Waals surface area contributed by atoms with E-state index in [9.17, 15) is 4.79 Å². The molecule has 0 bridgehead atoms. The van der Waals surface area contributed by atoms with Crippen LogP contribution in [0.2, 0.25) is 0 Å². The van der Waals surface area contributed by atoms with E-state index in [1.807, 2.05) is 24.3 Å². The van der Waals surface area contributed by atoms with Crippen molar-refractivity contribution in [2.75, 3.05) is 13.1 Å². The van der Waals surface area contributed by atoms with Gasteiger partial charge in [-0.15, -0.1) is 12.4 Å². The Kier molecular flexibility index (Phi) is 5.95. The topological polar surface area (TPSA) is 41.1 Å². The van der Waals surface area contributed by atoms with Gasteiger partial charge >= 0.3 is 0 Å². The molecule has 0 aliphatic carbocycles. The van der Waals surface area contributed by atoms with E-state index in [4.69, 9.17) is 0 Å². The Bertz CT molecular complexity index is 381. The number of benzene rings is 1. The highest BCUT2D eigenvalue weighted by atomic mass is 79.9. The average molecular weight is 320 g/mol. The molecule has 0 spiro atoms. The van der Waals surface area contributed by atoms with E-state index in [0.29, 0.717) is 5.56 Å². The Morgan fingerprint density at radius 3 is 2.94 bits per heavy atom. The van der Waals surface area contributed by atoms with Gasteiger partial charge in [-0.05, 0) is 37.6 Å². The maximum atomic E-state index is 11.9. The highest BCUT2D eigenvalue weighted by Gasteiger charge is 2.16. The number of amides is 1. The van der Waals surface area contributed by atoms with Gasteiger partial charge in [-0.2, -0.15) is 0 Å². The SMILES string of the molecule is Cl.O=C(N[C@@H]1CCCNC1)c1cccc(Br)c1. The Morgan fingerprint density at radius 1 is 1.47 bits per heavy atom. The summed E-state index contributed by atoms with van der Waals surface area (Å²) in [5.74, 6) is 0.00926. The molecule has 1 aliphatic rings. The second-order valence-corrected chi connectivity index (χ2v) is 4.94. The predicted molar refractivity (Wildman–Crippen MR) is 74.7 cm³/mol. The van der Waals surface area contributed by atoms with E-state index in [-0.39, 0.29) is 24.4 Å². The van der Waals surface area contributed by atoms with Crippen LogP contribution in [0.1, 0.15) is 23.2 Å². The molecule has 94 valence electrons. The van der Waals surface area contributed by atoms with Crippen molar-refractivity contribution in [3.8, 4) is 0 Å². The smallest absolute Gasteiger partial charge is 0.251 e. The molecule has 2 rings (SSSR count). The quantitative estimate of drug-likeness (QED) is 0.878. The summed E-state index contributed by atoms with van der Waals surface area (Å²) in [5, 5.41) is 6.32. The molecule has 0 aromatic heterocycles. The van der Waals surface area contributed by atoms with Crippen LogP contribution in [0.3, 0.4) is 0 Å². The average Bonchev–Trinajstić information content (AvgIpc) is 2.30. The van der Waals surface area contributed by atoms with Crippen molar-refractivity contribution in [2.45, 2.75) is 18.9 Å². The Hall–Kier alpha value is -0.580. The zero-order chi connectivity index (χ0) is 11.4. The van der Waals surface area contributed by atoms with Crippen LogP contribution in [0.25, 0.3) is 0 Å². The molecular weight excluding hydrogens is 304 g/mol. The largest absolute Gasteiger partial charge is 0.348 e. The van der Waals surface area contributed by atoms with Crippen molar-refractivity contribution in [1.29, 1.82) is 0 Å². The van der Waals surface area contributed by atoms with Crippen LogP contribution in [-0.2, 0) is 0 Å². The summed E-state index contributed by atoms with van der Waals surface area (Å²) in [7, 11) is 0. The Balaban J connectivity index is 0.00000144. The molecule has 2 N–H and O–H groups in total. The number of halogens is 2. The van der Waals surface area contributed by atoms with Gasteiger partial charge < -0.3 is 10.6 Å². The molecular formula is C12H16BrClN2O. The van der Waals surface area contributed by atoms with Gasteiger partial charge in [0, 0.05) is 22.6 Å². The number of hydrogen-bond acceptors (Lipinski definition) is 2. The first-order valence-electron chi connectivity index (χ1n) is 5.53. The molecule has 0 unspecified atom stereocenters. The Morgan fingerprint density at radius 2 is 2.29 bits per heavy atom. The monoisotopic (exact) mass is 318 g/mol. The lowest BCUT2D eigenvalue weighted by Crippen LogP contribution is -2.45. The molecule has 1 aromatic carbocycles. The third-order valence-electron chi connectivity index (χ3n) is 2.72. The molecule has 1 aromatic rings. The van der Waals surface area contributed by atoms with E-state index >= 15 is 0 Å². The van der Waals surface area contributed by atoms with Crippen molar-refractivity contribution >= 4 is 34.2 Å². The Labute approximate surface area is 116 Å². The van der Waals surface area contributed by atoms with Crippen LogP contribution in [0, 0.1) is 0 Å². The molecule has 1 fully saturated rings. The summed E-state index contributed by atoms with van der Waals surface area (Å²) in [6.07, 6.45) is 2.19. The van der Waals surface area contributed by atoms with Gasteiger partial charge in [-0.1, -0.05) is 22.0 Å². The van der Waals surface area contributed by atoms with Crippen molar-refractivity contribution in [2.24, 2.45) is 0 Å². The molecule has 0 saturated carbocycles. The van der Waals surface area contributed by atoms with Crippen LogP contribution in [0.5, 0.6) is 0 Å². The minimum atomic E-state index is 0. The number of carbonyl (C=O) groups is 1. The normalized spacial score (nSPS) is 19.2. The van der Waals surface area contributed by atoms with E-state index in [2.05, 4.69) is 26.6 Å². The zero-order valence-corrected chi connectivity index (χ0v) is 11.8. The lowest BCUT2D eigenvalue weighted by Gasteiger charge is -2.23. The number of piperidine rings is 1. The second-order valence-electron chi connectivity index (χ2n) is 4.03. The summed E-state index contributed by atoms with van der Waals surface area (Å²) in [5.41, 5.74) is 0.708. The van der Waals surface area contributed by atoms with Gasteiger partial charge in [-0.3, -0.25) is 4.79 Å². The molecule has 3 nitrogen and oxygen atoms in total. The highest BCUT2D eigenvalue weighted by molar-refractivity contribution is 9.10. The maximum absolute atomic E-state index is 11.9. The third-order valence-corrected chi connectivity index (χ3v) is 3.21. The molecule has 1 heterocycles. The number of carbonyl (C=O) groups excluding carboxylic acids is 1. The van der Waals surface area contributed by atoms with Crippen LogP contribution in [0.15, 0.2) is 28.7 Å². The minimum Gasteiger partial charge on any atom is -0.348 e. The number of nitrogens with one attached hydrogen (secondary N) is 2. The summed E-state index contributed by atoms with van der Waals surface area (Å²) in [6, 6.07) is 7.72. The summed E-state index contributed by atoms with van der Waals surface area (Å²) >= 11 is 3.36. The third kappa shape index (κ3) is 4.30. The lowest BCUT2D eigenvalue weighted by molar-refractivity contribution is 0.0930. The van der Waals surface area contributed by atoms with Gasteiger partial charge in [0.1, 0.15) is 0 Å². The van der Waals surface area contributed by atoms with Gasteiger partial charge in [-0.25, -0.2) is 0 Å². The second kappa shape index (κ2) is 6.99. The van der Waals surface area contributed by atoms with Crippen molar-refractivity contribution in [3.05, 3.63) is 34.3 Å². The fourth-order valence-corrected chi connectivity index (χ4v) is 2.27. The van der Waals surface area contributed by atoms with Gasteiger partial charge in [0.2, 0.25) is 0 Å². The number of hydrogen-bond donors (Lipinski definition) is 2. The van der Waals surface area contributed by atoms with Crippen LogP contribution in [0.4, 0.5) is 0 Å². The maximum Gasteiger partial charge on any atom is 0.251 e. The lowest BCUT2D eigenvalue weighted by atomic mass is 10.1. The van der Waals surface area contributed by atoms with E-state index in [0.717, 1.165) is 30.4 Å². The predicted octanol–water partition coefficient (Wildman–Crippen LogP) is 2.35. The van der Waals surface area contributed by atoms with Gasteiger partial charge in [0.25, 0.3) is 5.91 Å². The molecule has 17 heavy (non-hydrogen) atoms. The van der Waals surface area contributed by atoms with Crippen molar-refractivity contribution < 1.29 is 4.79 Å². The first-order valence-corrected chi connectivity index (χ1v) is 6.32.